The minimum atomic E-state index is -4.14. The van der Waals surface area contributed by atoms with Crippen LogP contribution in [0.15, 0.2) is 0 Å². The van der Waals surface area contributed by atoms with Gasteiger partial charge < -0.3 is 5.73 Å². The standard InChI is InChI=1S/C7H10F3N3S/c1-4(11)6-13-12-5(14-6)2-3-7(8,9)10/h4H,2-3,11H2,1H3. The van der Waals surface area contributed by atoms with Gasteiger partial charge in [0.05, 0.1) is 6.04 Å². The topological polar surface area (TPSA) is 51.8 Å². The number of nitrogens with two attached hydrogens (primary N) is 1. The van der Waals surface area contributed by atoms with Crippen LogP contribution in [0.5, 0.6) is 0 Å². The van der Waals surface area contributed by atoms with Crippen molar-refractivity contribution in [2.24, 2.45) is 5.73 Å². The summed E-state index contributed by atoms with van der Waals surface area (Å²) < 4.78 is 35.5. The lowest BCUT2D eigenvalue weighted by Crippen LogP contribution is -2.08. The summed E-state index contributed by atoms with van der Waals surface area (Å²) in [6, 6.07) is -0.271. The normalized spacial score (nSPS) is 14.4. The summed E-state index contributed by atoms with van der Waals surface area (Å²) >= 11 is 1.13. The Morgan fingerprint density at radius 1 is 1.43 bits per heavy atom. The molecule has 0 amide bonds. The summed E-state index contributed by atoms with van der Waals surface area (Å²) in [7, 11) is 0. The molecule has 1 atom stereocenters. The zero-order chi connectivity index (χ0) is 10.8. The molecule has 0 radical (unpaired) electrons. The Morgan fingerprint density at radius 2 is 2.07 bits per heavy atom. The average molecular weight is 225 g/mol. The highest BCUT2D eigenvalue weighted by molar-refractivity contribution is 7.11. The van der Waals surface area contributed by atoms with E-state index >= 15 is 0 Å². The number of alkyl halides is 3. The molecule has 0 fully saturated rings. The monoisotopic (exact) mass is 225 g/mol. The fourth-order valence-electron chi connectivity index (χ4n) is 0.800. The van der Waals surface area contributed by atoms with Crippen molar-refractivity contribution in [3.05, 3.63) is 10.0 Å². The zero-order valence-corrected chi connectivity index (χ0v) is 8.32. The van der Waals surface area contributed by atoms with Crippen molar-refractivity contribution in [3.63, 3.8) is 0 Å². The lowest BCUT2D eigenvalue weighted by Gasteiger charge is -2.02. The Kier molecular flexibility index (Phi) is 3.43. The summed E-state index contributed by atoms with van der Waals surface area (Å²) in [5.41, 5.74) is 5.49. The molecule has 80 valence electrons. The minimum Gasteiger partial charge on any atom is -0.322 e. The van der Waals surface area contributed by atoms with E-state index in [0.29, 0.717) is 10.0 Å². The van der Waals surface area contributed by atoms with E-state index in [-0.39, 0.29) is 12.5 Å². The van der Waals surface area contributed by atoms with Crippen molar-refractivity contribution in [3.8, 4) is 0 Å². The van der Waals surface area contributed by atoms with E-state index in [1.54, 1.807) is 6.92 Å². The fraction of sp³-hybridized carbons (Fsp3) is 0.714. The van der Waals surface area contributed by atoms with Gasteiger partial charge in [-0.1, -0.05) is 11.3 Å². The van der Waals surface area contributed by atoms with E-state index in [0.717, 1.165) is 11.3 Å². The van der Waals surface area contributed by atoms with Gasteiger partial charge in [-0.2, -0.15) is 13.2 Å². The largest absolute Gasteiger partial charge is 0.389 e. The maximum Gasteiger partial charge on any atom is 0.389 e. The molecular formula is C7H10F3N3S. The third kappa shape index (κ3) is 3.59. The number of nitrogens with zero attached hydrogens (tertiary/aromatic N) is 2. The van der Waals surface area contributed by atoms with Gasteiger partial charge in [-0.15, -0.1) is 10.2 Å². The zero-order valence-electron chi connectivity index (χ0n) is 7.51. The first kappa shape index (κ1) is 11.4. The molecule has 0 spiro atoms. The van der Waals surface area contributed by atoms with Crippen molar-refractivity contribution in [1.82, 2.24) is 10.2 Å². The molecule has 2 N–H and O–H groups in total. The molecule has 1 unspecified atom stereocenters. The van der Waals surface area contributed by atoms with Gasteiger partial charge in [0.1, 0.15) is 10.0 Å². The number of halogens is 3. The van der Waals surface area contributed by atoms with E-state index in [2.05, 4.69) is 10.2 Å². The van der Waals surface area contributed by atoms with Gasteiger partial charge >= 0.3 is 6.18 Å². The fourth-order valence-corrected chi connectivity index (χ4v) is 1.60. The average Bonchev–Trinajstić information content (AvgIpc) is 2.47. The molecule has 1 aromatic rings. The van der Waals surface area contributed by atoms with Crippen molar-refractivity contribution >= 4 is 11.3 Å². The maximum absolute atomic E-state index is 11.8. The third-order valence-corrected chi connectivity index (χ3v) is 2.68. The quantitative estimate of drug-likeness (QED) is 0.856. The molecule has 0 saturated heterocycles. The number of aromatic nitrogens is 2. The van der Waals surface area contributed by atoms with Crippen molar-refractivity contribution < 1.29 is 13.2 Å². The predicted octanol–water partition coefficient (Wildman–Crippen LogP) is 2.05. The van der Waals surface area contributed by atoms with Crippen LogP contribution in [0.3, 0.4) is 0 Å². The molecule has 0 aliphatic carbocycles. The Labute approximate surface area is 83.1 Å². The molecule has 1 aromatic heterocycles. The first-order valence-corrected chi connectivity index (χ1v) is 4.85. The highest BCUT2D eigenvalue weighted by atomic mass is 32.1. The van der Waals surface area contributed by atoms with Crippen molar-refractivity contribution in [2.75, 3.05) is 0 Å². The van der Waals surface area contributed by atoms with Crippen LogP contribution >= 0.6 is 11.3 Å². The molecular weight excluding hydrogens is 215 g/mol. The van der Waals surface area contributed by atoms with Gasteiger partial charge in [0.15, 0.2) is 0 Å². The van der Waals surface area contributed by atoms with Gasteiger partial charge in [-0.05, 0) is 6.92 Å². The van der Waals surface area contributed by atoms with Crippen LogP contribution in [0.2, 0.25) is 0 Å². The lowest BCUT2D eigenvalue weighted by atomic mass is 10.3. The second kappa shape index (κ2) is 4.22. The second-order valence-corrected chi connectivity index (χ2v) is 4.03. The third-order valence-electron chi connectivity index (χ3n) is 1.49. The van der Waals surface area contributed by atoms with Crippen LogP contribution in [-0.2, 0) is 6.42 Å². The highest BCUT2D eigenvalue weighted by Crippen LogP contribution is 2.24. The van der Waals surface area contributed by atoms with Gasteiger partial charge in [-0.25, -0.2) is 0 Å². The van der Waals surface area contributed by atoms with Crippen LogP contribution in [0.4, 0.5) is 13.2 Å². The minimum absolute atomic E-state index is 0.117. The summed E-state index contributed by atoms with van der Waals surface area (Å²) in [5, 5.41) is 8.28. The van der Waals surface area contributed by atoms with Gasteiger partial charge in [-0.3, -0.25) is 0 Å². The summed E-state index contributed by atoms with van der Waals surface area (Å²) in [4.78, 5) is 0. The Morgan fingerprint density at radius 3 is 2.50 bits per heavy atom. The smallest absolute Gasteiger partial charge is 0.322 e. The SMILES string of the molecule is CC(N)c1nnc(CCC(F)(F)F)s1. The summed E-state index contributed by atoms with van der Waals surface area (Å²) in [6.45, 7) is 1.72. The molecule has 14 heavy (non-hydrogen) atoms. The first-order chi connectivity index (χ1) is 6.38. The van der Waals surface area contributed by atoms with E-state index in [9.17, 15) is 13.2 Å². The van der Waals surface area contributed by atoms with E-state index < -0.39 is 12.6 Å². The first-order valence-electron chi connectivity index (χ1n) is 4.03. The molecule has 1 rings (SSSR count). The Hall–Kier alpha value is -0.690. The van der Waals surface area contributed by atoms with Crippen molar-refractivity contribution in [1.29, 1.82) is 0 Å². The van der Waals surface area contributed by atoms with Gasteiger partial charge in [0.2, 0.25) is 0 Å². The maximum atomic E-state index is 11.8. The predicted molar refractivity (Wildman–Crippen MR) is 46.9 cm³/mol. The van der Waals surface area contributed by atoms with Crippen LogP contribution in [0, 0.1) is 0 Å². The lowest BCUT2D eigenvalue weighted by molar-refractivity contribution is -0.134. The second-order valence-electron chi connectivity index (χ2n) is 2.94. The van der Waals surface area contributed by atoms with E-state index in [4.69, 9.17) is 5.73 Å². The molecule has 1 heterocycles. The summed E-state index contributed by atoms with van der Waals surface area (Å²) in [5.74, 6) is 0. The molecule has 7 heteroatoms. The number of aryl methyl sites for hydroxylation is 1. The van der Waals surface area contributed by atoms with Gasteiger partial charge in [0, 0.05) is 12.8 Å². The van der Waals surface area contributed by atoms with Crippen LogP contribution in [-0.4, -0.2) is 16.4 Å². The summed E-state index contributed by atoms with van der Waals surface area (Å²) in [6.07, 6.45) is -5.12. The van der Waals surface area contributed by atoms with Crippen molar-refractivity contribution in [2.45, 2.75) is 32.0 Å². The number of hydrogen-bond acceptors (Lipinski definition) is 4. The van der Waals surface area contributed by atoms with E-state index in [1.165, 1.54) is 0 Å². The van der Waals surface area contributed by atoms with Crippen LogP contribution in [0.1, 0.15) is 29.4 Å². The number of hydrogen-bond donors (Lipinski definition) is 1. The van der Waals surface area contributed by atoms with Crippen LogP contribution in [0.25, 0.3) is 0 Å². The highest BCUT2D eigenvalue weighted by Gasteiger charge is 2.27. The molecule has 0 aromatic carbocycles. The van der Waals surface area contributed by atoms with Crippen LogP contribution < -0.4 is 5.73 Å². The van der Waals surface area contributed by atoms with E-state index in [1.807, 2.05) is 0 Å². The molecule has 0 aliphatic heterocycles. The molecule has 0 aliphatic rings. The Bertz CT molecular complexity index is 295. The molecule has 0 bridgehead atoms. The Balaban J connectivity index is 2.52. The molecule has 3 nitrogen and oxygen atoms in total. The van der Waals surface area contributed by atoms with Gasteiger partial charge in [0.25, 0.3) is 0 Å². The number of rotatable bonds is 3. The molecule has 0 saturated carbocycles.